The van der Waals surface area contributed by atoms with Gasteiger partial charge in [0.1, 0.15) is 12.4 Å². The Kier molecular flexibility index (Phi) is 4.79. The Labute approximate surface area is 109 Å². The highest BCUT2D eigenvalue weighted by Crippen LogP contribution is 2.19. The molecule has 0 aromatic heterocycles. The van der Waals surface area contributed by atoms with E-state index in [2.05, 4.69) is 24.9 Å². The van der Waals surface area contributed by atoms with E-state index in [-0.39, 0.29) is 0 Å². The Morgan fingerprint density at radius 1 is 1.50 bits per heavy atom. The molecular formula is C15H21NO2. The molecule has 0 bridgehead atoms. The molecule has 1 aromatic carbocycles. The van der Waals surface area contributed by atoms with Gasteiger partial charge in [0, 0.05) is 24.8 Å². The fourth-order valence-electron chi connectivity index (χ4n) is 2.18. The molecule has 0 aliphatic carbocycles. The monoisotopic (exact) mass is 247 g/mol. The van der Waals surface area contributed by atoms with E-state index in [4.69, 9.17) is 9.47 Å². The molecule has 1 aliphatic rings. The molecule has 1 saturated heterocycles. The first-order chi connectivity index (χ1) is 8.81. The maximum atomic E-state index is 5.64. The van der Waals surface area contributed by atoms with Crippen molar-refractivity contribution in [3.8, 4) is 5.75 Å². The molecule has 1 heterocycles. The van der Waals surface area contributed by atoms with Crippen LogP contribution in [-0.2, 0) is 11.3 Å². The molecule has 0 radical (unpaired) electrons. The number of ether oxygens (including phenoxy) is 2. The van der Waals surface area contributed by atoms with Crippen LogP contribution >= 0.6 is 0 Å². The number of hydrogen-bond donors (Lipinski definition) is 1. The molecule has 1 aliphatic heterocycles. The minimum atomic E-state index is 0.297. The molecule has 2 atom stereocenters. The van der Waals surface area contributed by atoms with E-state index >= 15 is 0 Å². The van der Waals surface area contributed by atoms with Crippen molar-refractivity contribution in [3.05, 3.63) is 42.5 Å². The lowest BCUT2D eigenvalue weighted by atomic mass is 10.1. The summed E-state index contributed by atoms with van der Waals surface area (Å²) in [5.74, 6) is 0.927. The van der Waals surface area contributed by atoms with E-state index in [9.17, 15) is 0 Å². The van der Waals surface area contributed by atoms with Gasteiger partial charge in [-0.1, -0.05) is 30.9 Å². The zero-order valence-corrected chi connectivity index (χ0v) is 10.9. The second-order valence-electron chi connectivity index (χ2n) is 4.56. The van der Waals surface area contributed by atoms with E-state index < -0.39 is 0 Å². The lowest BCUT2D eigenvalue weighted by Crippen LogP contribution is -2.34. The minimum absolute atomic E-state index is 0.297. The van der Waals surface area contributed by atoms with Crippen LogP contribution in [0.2, 0.25) is 0 Å². The minimum Gasteiger partial charge on any atom is -0.489 e. The number of hydrogen-bond acceptors (Lipinski definition) is 3. The van der Waals surface area contributed by atoms with Crippen LogP contribution in [0.15, 0.2) is 36.9 Å². The lowest BCUT2D eigenvalue weighted by Gasteiger charge is -2.17. The van der Waals surface area contributed by atoms with Gasteiger partial charge in [-0.2, -0.15) is 0 Å². The highest BCUT2D eigenvalue weighted by molar-refractivity contribution is 5.33. The van der Waals surface area contributed by atoms with E-state index in [0.717, 1.165) is 25.3 Å². The second kappa shape index (κ2) is 6.57. The van der Waals surface area contributed by atoms with Crippen molar-refractivity contribution in [2.75, 3.05) is 13.2 Å². The van der Waals surface area contributed by atoms with Crippen molar-refractivity contribution in [2.45, 2.75) is 32.0 Å². The van der Waals surface area contributed by atoms with Gasteiger partial charge in [-0.3, -0.25) is 0 Å². The summed E-state index contributed by atoms with van der Waals surface area (Å²) >= 11 is 0. The summed E-state index contributed by atoms with van der Waals surface area (Å²) in [6.45, 7) is 7.99. The number of nitrogens with one attached hydrogen (secondary N) is 1. The zero-order chi connectivity index (χ0) is 12.8. The lowest BCUT2D eigenvalue weighted by molar-refractivity contribution is 0.113. The summed E-state index contributed by atoms with van der Waals surface area (Å²) in [6.07, 6.45) is 3.14. The number of para-hydroxylation sites is 1. The van der Waals surface area contributed by atoms with Gasteiger partial charge in [-0.25, -0.2) is 0 Å². The first-order valence-corrected chi connectivity index (χ1v) is 6.48. The Bertz CT molecular complexity index is 392. The smallest absolute Gasteiger partial charge is 0.124 e. The van der Waals surface area contributed by atoms with Crippen LogP contribution in [0.5, 0.6) is 5.75 Å². The summed E-state index contributed by atoms with van der Waals surface area (Å²) in [5.41, 5.74) is 1.18. The Balaban J connectivity index is 1.93. The van der Waals surface area contributed by atoms with Crippen molar-refractivity contribution in [1.82, 2.24) is 5.32 Å². The third-order valence-corrected chi connectivity index (χ3v) is 3.26. The standard InChI is InChI=1S/C15H21NO2/c1-3-9-18-15-7-5-4-6-13(15)11-16-14-8-10-17-12(14)2/h3-7,12,14,16H,1,8-11H2,2H3. The largest absolute Gasteiger partial charge is 0.489 e. The van der Waals surface area contributed by atoms with Crippen LogP contribution in [0.25, 0.3) is 0 Å². The van der Waals surface area contributed by atoms with Gasteiger partial charge < -0.3 is 14.8 Å². The Morgan fingerprint density at radius 2 is 2.33 bits per heavy atom. The highest BCUT2D eigenvalue weighted by atomic mass is 16.5. The van der Waals surface area contributed by atoms with Crippen molar-refractivity contribution in [2.24, 2.45) is 0 Å². The number of benzene rings is 1. The van der Waals surface area contributed by atoms with Gasteiger partial charge in [0.15, 0.2) is 0 Å². The normalized spacial score (nSPS) is 22.9. The molecule has 3 nitrogen and oxygen atoms in total. The zero-order valence-electron chi connectivity index (χ0n) is 10.9. The van der Waals surface area contributed by atoms with Gasteiger partial charge >= 0.3 is 0 Å². The van der Waals surface area contributed by atoms with Gasteiger partial charge in [-0.15, -0.1) is 0 Å². The Morgan fingerprint density at radius 3 is 3.06 bits per heavy atom. The van der Waals surface area contributed by atoms with Crippen LogP contribution in [0.4, 0.5) is 0 Å². The quantitative estimate of drug-likeness (QED) is 0.784. The highest BCUT2D eigenvalue weighted by Gasteiger charge is 2.23. The summed E-state index contributed by atoms with van der Waals surface area (Å²) in [4.78, 5) is 0. The summed E-state index contributed by atoms with van der Waals surface area (Å²) in [6, 6.07) is 8.55. The molecule has 2 rings (SSSR count). The number of rotatable bonds is 6. The first kappa shape index (κ1) is 13.1. The molecule has 1 fully saturated rings. The molecule has 1 N–H and O–H groups in total. The van der Waals surface area contributed by atoms with Crippen LogP contribution in [0.1, 0.15) is 18.9 Å². The SMILES string of the molecule is C=CCOc1ccccc1CNC1CCOC1C. The molecule has 98 valence electrons. The van der Waals surface area contributed by atoms with Gasteiger partial charge in [0.25, 0.3) is 0 Å². The van der Waals surface area contributed by atoms with Crippen molar-refractivity contribution in [3.63, 3.8) is 0 Å². The van der Waals surface area contributed by atoms with Gasteiger partial charge in [0.05, 0.1) is 6.10 Å². The van der Waals surface area contributed by atoms with Crippen molar-refractivity contribution >= 4 is 0 Å². The third kappa shape index (κ3) is 3.34. The van der Waals surface area contributed by atoms with Gasteiger partial charge in [0.2, 0.25) is 0 Å². The summed E-state index contributed by atoms with van der Waals surface area (Å²) in [5, 5.41) is 3.53. The molecule has 3 heteroatoms. The average molecular weight is 247 g/mol. The molecule has 0 amide bonds. The van der Waals surface area contributed by atoms with Crippen LogP contribution in [0, 0.1) is 0 Å². The maximum absolute atomic E-state index is 5.64. The molecule has 0 spiro atoms. The predicted molar refractivity (Wildman–Crippen MR) is 72.8 cm³/mol. The third-order valence-electron chi connectivity index (χ3n) is 3.26. The van der Waals surface area contributed by atoms with E-state index in [1.807, 2.05) is 18.2 Å². The van der Waals surface area contributed by atoms with Crippen molar-refractivity contribution in [1.29, 1.82) is 0 Å². The van der Waals surface area contributed by atoms with Crippen molar-refractivity contribution < 1.29 is 9.47 Å². The molecule has 0 saturated carbocycles. The maximum Gasteiger partial charge on any atom is 0.124 e. The summed E-state index contributed by atoms with van der Waals surface area (Å²) < 4.78 is 11.2. The van der Waals surface area contributed by atoms with Crippen LogP contribution in [0.3, 0.4) is 0 Å². The topological polar surface area (TPSA) is 30.5 Å². The molecular weight excluding hydrogens is 226 g/mol. The molecule has 1 aromatic rings. The predicted octanol–water partition coefficient (Wildman–Crippen LogP) is 2.52. The summed E-state index contributed by atoms with van der Waals surface area (Å²) in [7, 11) is 0. The fourth-order valence-corrected chi connectivity index (χ4v) is 2.18. The van der Waals surface area contributed by atoms with Gasteiger partial charge in [-0.05, 0) is 19.4 Å². The van der Waals surface area contributed by atoms with Crippen LogP contribution < -0.4 is 10.1 Å². The molecule has 2 unspecified atom stereocenters. The van der Waals surface area contributed by atoms with E-state index in [1.54, 1.807) is 6.08 Å². The average Bonchev–Trinajstić information content (AvgIpc) is 2.80. The van der Waals surface area contributed by atoms with E-state index in [0.29, 0.717) is 18.8 Å². The Hall–Kier alpha value is -1.32. The molecule has 18 heavy (non-hydrogen) atoms. The second-order valence-corrected chi connectivity index (χ2v) is 4.56. The fraction of sp³-hybridized carbons (Fsp3) is 0.467. The van der Waals surface area contributed by atoms with Crippen LogP contribution in [-0.4, -0.2) is 25.4 Å². The van der Waals surface area contributed by atoms with E-state index in [1.165, 1.54) is 5.56 Å². The first-order valence-electron chi connectivity index (χ1n) is 6.48.